The number of aryl methyl sites for hydroxylation is 2. The molecule has 15 rings (SSSR count). The van der Waals surface area contributed by atoms with Gasteiger partial charge in [-0.05, 0) is 154 Å². The molecule has 0 radical (unpaired) electrons. The molecule has 0 N–H and O–H groups in total. The topological polar surface area (TPSA) is 59.0 Å². The normalized spacial score (nSPS) is 12.3. The van der Waals surface area contributed by atoms with Crippen LogP contribution in [0.5, 0.6) is 0 Å². The van der Waals surface area contributed by atoms with Gasteiger partial charge in [0.1, 0.15) is 22.3 Å². The maximum atomic E-state index is 7.19. The van der Waals surface area contributed by atoms with Crippen LogP contribution in [-0.4, -0.2) is 0 Å². The van der Waals surface area contributed by atoms with Crippen molar-refractivity contribution in [3.05, 3.63) is 216 Å². The molecule has 0 amide bonds. The van der Waals surface area contributed by atoms with Crippen LogP contribution in [0.2, 0.25) is 0 Å². The zero-order valence-electron chi connectivity index (χ0n) is 43.2. The van der Waals surface area contributed by atoms with Crippen molar-refractivity contribution in [1.29, 1.82) is 0 Å². The summed E-state index contributed by atoms with van der Waals surface area (Å²) in [4.78, 5) is 4.67. The maximum absolute atomic E-state index is 7.19. The fraction of sp³-hybridized carbons (Fsp3) is 0.114. The van der Waals surface area contributed by atoms with E-state index in [0.29, 0.717) is 0 Å². The van der Waals surface area contributed by atoms with Gasteiger partial charge in [0.25, 0.3) is 0 Å². The number of nitrogens with zero attached hydrogens (tertiary/aromatic N) is 2. The highest BCUT2D eigenvalue weighted by atomic mass is 16.4. The Kier molecular flexibility index (Phi) is 9.68. The molecular formula is C70H52N2O4. The van der Waals surface area contributed by atoms with Gasteiger partial charge in [-0.25, -0.2) is 0 Å². The van der Waals surface area contributed by atoms with Crippen LogP contribution in [0.25, 0.3) is 109 Å². The van der Waals surface area contributed by atoms with Crippen LogP contribution in [0.4, 0.5) is 34.1 Å². The van der Waals surface area contributed by atoms with E-state index in [1.807, 2.05) is 24.3 Å². The van der Waals surface area contributed by atoms with E-state index in [-0.39, 0.29) is 11.8 Å². The van der Waals surface area contributed by atoms with E-state index in [4.69, 9.17) is 17.7 Å². The van der Waals surface area contributed by atoms with Crippen molar-refractivity contribution in [3.63, 3.8) is 0 Å². The molecule has 0 aliphatic carbocycles. The summed E-state index contributed by atoms with van der Waals surface area (Å²) in [6.45, 7) is 13.6. The molecule has 0 unspecified atom stereocenters. The van der Waals surface area contributed by atoms with Crippen molar-refractivity contribution in [3.8, 4) is 0 Å². The van der Waals surface area contributed by atoms with Gasteiger partial charge in [0, 0.05) is 65.8 Å². The van der Waals surface area contributed by atoms with E-state index in [9.17, 15) is 0 Å². The van der Waals surface area contributed by atoms with Gasteiger partial charge in [-0.2, -0.15) is 0 Å². The standard InChI is InChI=1S/C70H52N2O4/c1-39(2)63-64(40(3)4)66-54-36-44-30-32-48(72(56-24-12-8-18-42(56)6)58-26-16-22-52-50-20-10-14-28-60(50)74-68(52)58)34-46(44)38-62(54)76-70(66)69-65(63)53-35-43-29-31-47(33-45(43)37-61(53)75-69)71(55-23-11-7-17-41(55)5)57-25-15-21-51-49-19-9-13-27-59(49)73-67(51)57/h7-40H,1-6H3. The number of hydrogen-bond acceptors (Lipinski definition) is 6. The number of benzene rings is 11. The second kappa shape index (κ2) is 16.6. The van der Waals surface area contributed by atoms with E-state index in [0.717, 1.165) is 155 Å². The molecule has 0 saturated heterocycles. The molecule has 0 atom stereocenters. The van der Waals surface area contributed by atoms with Gasteiger partial charge in [0.05, 0.1) is 11.4 Å². The zero-order chi connectivity index (χ0) is 51.1. The molecule has 4 aromatic heterocycles. The molecule has 0 saturated carbocycles. The molecule has 6 heteroatoms. The third kappa shape index (κ3) is 6.53. The van der Waals surface area contributed by atoms with E-state index in [1.54, 1.807) is 0 Å². The monoisotopic (exact) mass is 984 g/mol. The molecule has 0 fully saturated rings. The first kappa shape index (κ1) is 44.2. The Morgan fingerprint density at radius 2 is 0.684 bits per heavy atom. The summed E-state index contributed by atoms with van der Waals surface area (Å²) in [6.07, 6.45) is 0. The average Bonchev–Trinajstić information content (AvgIpc) is 4.39. The minimum absolute atomic E-state index is 0.211. The molecule has 0 spiro atoms. The van der Waals surface area contributed by atoms with Crippen LogP contribution in [0.1, 0.15) is 61.8 Å². The van der Waals surface area contributed by atoms with Crippen molar-refractivity contribution < 1.29 is 17.7 Å². The molecule has 15 aromatic rings. The van der Waals surface area contributed by atoms with Gasteiger partial charge >= 0.3 is 0 Å². The predicted octanol–water partition coefficient (Wildman–Crippen LogP) is 21.4. The molecule has 76 heavy (non-hydrogen) atoms. The largest absolute Gasteiger partial charge is 0.454 e. The lowest BCUT2D eigenvalue weighted by Crippen LogP contribution is -2.11. The highest BCUT2D eigenvalue weighted by molar-refractivity contribution is 6.24. The minimum atomic E-state index is 0.211. The fourth-order valence-electron chi connectivity index (χ4n) is 12.5. The first-order valence-electron chi connectivity index (χ1n) is 26.4. The minimum Gasteiger partial charge on any atom is -0.454 e. The van der Waals surface area contributed by atoms with E-state index >= 15 is 0 Å². The summed E-state index contributed by atoms with van der Waals surface area (Å²) in [7, 11) is 0. The lowest BCUT2D eigenvalue weighted by atomic mass is 9.84. The summed E-state index contributed by atoms with van der Waals surface area (Å²) in [5.74, 6) is 0.423. The number of anilines is 6. The molecule has 0 bridgehead atoms. The van der Waals surface area contributed by atoms with Gasteiger partial charge in [0.15, 0.2) is 22.3 Å². The maximum Gasteiger partial charge on any atom is 0.178 e. The van der Waals surface area contributed by atoms with Crippen molar-refractivity contribution in [2.45, 2.75) is 53.4 Å². The van der Waals surface area contributed by atoms with Crippen LogP contribution in [0.3, 0.4) is 0 Å². The lowest BCUT2D eigenvalue weighted by molar-refractivity contribution is 0.632. The Bertz CT molecular complexity index is 4580. The summed E-state index contributed by atoms with van der Waals surface area (Å²) < 4.78 is 27.7. The Morgan fingerprint density at radius 3 is 1.12 bits per heavy atom. The number of hydrogen-bond donors (Lipinski definition) is 0. The number of furan rings is 4. The summed E-state index contributed by atoms with van der Waals surface area (Å²) in [5.41, 5.74) is 17.8. The van der Waals surface area contributed by atoms with Crippen molar-refractivity contribution in [2.75, 3.05) is 9.80 Å². The van der Waals surface area contributed by atoms with Gasteiger partial charge < -0.3 is 27.5 Å². The Hall–Kier alpha value is -9.26. The van der Waals surface area contributed by atoms with E-state index < -0.39 is 0 Å². The fourth-order valence-corrected chi connectivity index (χ4v) is 12.5. The first-order valence-corrected chi connectivity index (χ1v) is 26.4. The van der Waals surface area contributed by atoms with Crippen LogP contribution in [0.15, 0.2) is 212 Å². The molecule has 11 aromatic carbocycles. The van der Waals surface area contributed by atoms with Crippen LogP contribution in [0, 0.1) is 13.8 Å². The number of rotatable bonds is 8. The van der Waals surface area contributed by atoms with Crippen molar-refractivity contribution in [2.24, 2.45) is 0 Å². The highest BCUT2D eigenvalue weighted by Gasteiger charge is 2.29. The quantitative estimate of drug-likeness (QED) is 0.151. The summed E-state index contributed by atoms with van der Waals surface area (Å²) >= 11 is 0. The number of para-hydroxylation sites is 6. The Balaban J connectivity index is 0.921. The molecule has 0 aliphatic heterocycles. The number of fused-ring (bicyclic) bond motifs is 15. The third-order valence-electron chi connectivity index (χ3n) is 15.9. The lowest BCUT2D eigenvalue weighted by Gasteiger charge is -2.27. The SMILES string of the molecule is Cc1ccccc1N(c1ccc2cc3c(cc2c1)oc1c2oc4cc5cc(N(c6ccccc6C)c6cccc7c6oc6ccccc67)ccc5cc4c2c(C(C)C)c(C(C)C)c31)c1cccc2c1oc1ccccc12. The van der Waals surface area contributed by atoms with Crippen LogP contribution < -0.4 is 9.80 Å². The van der Waals surface area contributed by atoms with Crippen LogP contribution in [-0.2, 0) is 0 Å². The predicted molar refractivity (Wildman–Crippen MR) is 318 cm³/mol. The first-order chi connectivity index (χ1) is 37.2. The Labute approximate surface area is 438 Å². The average molecular weight is 985 g/mol. The highest BCUT2D eigenvalue weighted by Crippen LogP contribution is 2.51. The second-order valence-corrected chi connectivity index (χ2v) is 21.3. The van der Waals surface area contributed by atoms with Crippen molar-refractivity contribution >= 4 is 143 Å². The van der Waals surface area contributed by atoms with Gasteiger partial charge in [-0.1, -0.05) is 137 Å². The van der Waals surface area contributed by atoms with Gasteiger partial charge in [-0.3, -0.25) is 0 Å². The molecule has 0 aliphatic rings. The second-order valence-electron chi connectivity index (χ2n) is 21.3. The molecule has 366 valence electrons. The third-order valence-corrected chi connectivity index (χ3v) is 15.9. The summed E-state index contributed by atoms with van der Waals surface area (Å²) in [5, 5.41) is 13.3. The Morgan fingerprint density at radius 1 is 0.303 bits per heavy atom. The molecule has 4 heterocycles. The van der Waals surface area contributed by atoms with E-state index in [1.165, 1.54) is 11.1 Å². The van der Waals surface area contributed by atoms with Gasteiger partial charge in [-0.15, -0.1) is 0 Å². The smallest absolute Gasteiger partial charge is 0.178 e. The van der Waals surface area contributed by atoms with Crippen LogP contribution >= 0.6 is 0 Å². The zero-order valence-corrected chi connectivity index (χ0v) is 43.2. The summed E-state index contributed by atoms with van der Waals surface area (Å²) in [6, 6.07) is 69.2. The van der Waals surface area contributed by atoms with Gasteiger partial charge in [0.2, 0.25) is 0 Å². The molecular weight excluding hydrogens is 933 g/mol. The van der Waals surface area contributed by atoms with E-state index in [2.05, 4.69) is 221 Å². The van der Waals surface area contributed by atoms with Crippen molar-refractivity contribution in [1.82, 2.24) is 0 Å². The molecule has 6 nitrogen and oxygen atoms in total.